The van der Waals surface area contributed by atoms with Crippen molar-refractivity contribution in [3.63, 3.8) is 0 Å². The topological polar surface area (TPSA) is 36.4 Å². The minimum Gasteiger partial charge on any atom is -0.395 e. The van der Waals surface area contributed by atoms with Crippen molar-refractivity contribution in [2.24, 2.45) is 0 Å². The lowest BCUT2D eigenvalue weighted by Gasteiger charge is -2.21. The third-order valence-corrected chi connectivity index (χ3v) is 1.89. The van der Waals surface area contributed by atoms with E-state index in [-0.39, 0.29) is 6.61 Å². The van der Waals surface area contributed by atoms with Gasteiger partial charge in [-0.2, -0.15) is 4.39 Å². The zero-order chi connectivity index (χ0) is 10.4. The molecule has 0 fully saturated rings. The Bertz CT molecular complexity index is 275. The van der Waals surface area contributed by atoms with Crippen LogP contribution in [0.15, 0.2) is 18.2 Å². The maximum Gasteiger partial charge on any atom is 0.214 e. The van der Waals surface area contributed by atoms with Gasteiger partial charge in [0.05, 0.1) is 6.61 Å². The Hall–Kier alpha value is -1.16. The number of rotatable bonds is 5. The fraction of sp³-hybridized carbons (Fsp3) is 0.500. The fourth-order valence-electron chi connectivity index (χ4n) is 1.31. The molecule has 0 saturated carbocycles. The predicted octanol–water partition coefficient (Wildman–Crippen LogP) is 1.43. The number of hydrogen-bond donors (Lipinski definition) is 1. The summed E-state index contributed by atoms with van der Waals surface area (Å²) in [5.74, 6) is 0.0995. The molecule has 1 aromatic heterocycles. The van der Waals surface area contributed by atoms with Crippen LogP contribution in [0.1, 0.15) is 13.3 Å². The molecule has 4 heteroatoms. The molecule has 0 aliphatic carbocycles. The van der Waals surface area contributed by atoms with Gasteiger partial charge in [-0.25, -0.2) is 4.98 Å². The van der Waals surface area contributed by atoms with E-state index < -0.39 is 5.95 Å². The molecular formula is C10H15FN2O. The Labute approximate surface area is 83.2 Å². The molecule has 3 nitrogen and oxygen atoms in total. The van der Waals surface area contributed by atoms with Crippen molar-refractivity contribution in [3.05, 3.63) is 24.1 Å². The van der Waals surface area contributed by atoms with E-state index >= 15 is 0 Å². The summed E-state index contributed by atoms with van der Waals surface area (Å²) in [4.78, 5) is 5.62. The number of aliphatic hydroxyl groups is 1. The van der Waals surface area contributed by atoms with Gasteiger partial charge in [-0.3, -0.25) is 0 Å². The van der Waals surface area contributed by atoms with E-state index in [2.05, 4.69) is 4.98 Å². The van der Waals surface area contributed by atoms with Crippen LogP contribution >= 0.6 is 0 Å². The lowest BCUT2D eigenvalue weighted by Crippen LogP contribution is -2.28. The normalized spacial score (nSPS) is 10.2. The van der Waals surface area contributed by atoms with Crippen molar-refractivity contribution in [1.29, 1.82) is 0 Å². The monoisotopic (exact) mass is 198 g/mol. The number of anilines is 1. The molecule has 0 aliphatic rings. The van der Waals surface area contributed by atoms with Crippen LogP contribution < -0.4 is 4.90 Å². The Morgan fingerprint density at radius 3 is 2.79 bits per heavy atom. The zero-order valence-corrected chi connectivity index (χ0v) is 8.28. The average Bonchev–Trinajstić information content (AvgIpc) is 2.17. The smallest absolute Gasteiger partial charge is 0.214 e. The largest absolute Gasteiger partial charge is 0.395 e. The Morgan fingerprint density at radius 2 is 2.21 bits per heavy atom. The van der Waals surface area contributed by atoms with Gasteiger partial charge in [-0.1, -0.05) is 13.0 Å². The van der Waals surface area contributed by atoms with Crippen LogP contribution in [0.2, 0.25) is 0 Å². The summed E-state index contributed by atoms with van der Waals surface area (Å²) in [5.41, 5.74) is 0. The molecule has 78 valence electrons. The van der Waals surface area contributed by atoms with E-state index in [0.717, 1.165) is 13.0 Å². The highest BCUT2D eigenvalue weighted by Gasteiger charge is 2.06. The SMILES string of the molecule is CCCN(CCO)c1cccc(F)n1. The van der Waals surface area contributed by atoms with Gasteiger partial charge in [0.15, 0.2) is 0 Å². The molecule has 0 unspecified atom stereocenters. The van der Waals surface area contributed by atoms with Crippen LogP contribution in [0.25, 0.3) is 0 Å². The molecule has 0 bridgehead atoms. The fourth-order valence-corrected chi connectivity index (χ4v) is 1.31. The predicted molar refractivity (Wildman–Crippen MR) is 53.8 cm³/mol. The molecule has 1 rings (SSSR count). The van der Waals surface area contributed by atoms with Gasteiger partial charge in [0.1, 0.15) is 5.82 Å². The standard InChI is InChI=1S/C10H15FN2O/c1-2-6-13(7-8-14)10-5-3-4-9(11)12-10/h3-5,14H,2,6-8H2,1H3. The van der Waals surface area contributed by atoms with Crippen molar-refractivity contribution < 1.29 is 9.50 Å². The van der Waals surface area contributed by atoms with E-state index in [1.807, 2.05) is 11.8 Å². The van der Waals surface area contributed by atoms with E-state index in [0.29, 0.717) is 12.4 Å². The number of hydrogen-bond acceptors (Lipinski definition) is 3. The van der Waals surface area contributed by atoms with E-state index in [1.165, 1.54) is 6.07 Å². The molecule has 14 heavy (non-hydrogen) atoms. The highest BCUT2D eigenvalue weighted by molar-refractivity contribution is 5.37. The first-order chi connectivity index (χ1) is 6.77. The summed E-state index contributed by atoms with van der Waals surface area (Å²) < 4.78 is 12.8. The third-order valence-electron chi connectivity index (χ3n) is 1.89. The van der Waals surface area contributed by atoms with E-state index in [9.17, 15) is 4.39 Å². The second kappa shape index (κ2) is 5.54. The second-order valence-electron chi connectivity index (χ2n) is 3.03. The first-order valence-corrected chi connectivity index (χ1v) is 4.76. The number of aliphatic hydroxyl groups excluding tert-OH is 1. The summed E-state index contributed by atoms with van der Waals surface area (Å²) in [6, 6.07) is 4.68. The molecule has 1 N–H and O–H groups in total. The third kappa shape index (κ3) is 2.96. The van der Waals surface area contributed by atoms with Crippen LogP contribution in [0.5, 0.6) is 0 Å². The lowest BCUT2D eigenvalue weighted by molar-refractivity contribution is 0.301. The van der Waals surface area contributed by atoms with Crippen molar-refractivity contribution >= 4 is 5.82 Å². The first kappa shape index (κ1) is 10.9. The molecule has 0 aliphatic heterocycles. The Balaban J connectivity index is 2.75. The summed E-state index contributed by atoms with van der Waals surface area (Å²) in [7, 11) is 0. The van der Waals surface area contributed by atoms with Gasteiger partial charge in [0.25, 0.3) is 0 Å². The van der Waals surface area contributed by atoms with Crippen molar-refractivity contribution in [1.82, 2.24) is 4.98 Å². The van der Waals surface area contributed by atoms with Gasteiger partial charge in [-0.15, -0.1) is 0 Å². The molecule has 0 saturated heterocycles. The first-order valence-electron chi connectivity index (χ1n) is 4.76. The van der Waals surface area contributed by atoms with E-state index in [1.54, 1.807) is 12.1 Å². The number of nitrogens with zero attached hydrogens (tertiary/aromatic N) is 2. The van der Waals surface area contributed by atoms with Crippen LogP contribution in [0.3, 0.4) is 0 Å². The van der Waals surface area contributed by atoms with Crippen LogP contribution in [-0.2, 0) is 0 Å². The summed E-state index contributed by atoms with van der Waals surface area (Å²) in [6.45, 7) is 3.35. The molecule has 1 heterocycles. The van der Waals surface area contributed by atoms with E-state index in [4.69, 9.17) is 5.11 Å². The molecular weight excluding hydrogens is 183 g/mol. The quantitative estimate of drug-likeness (QED) is 0.727. The van der Waals surface area contributed by atoms with Gasteiger partial charge in [-0.05, 0) is 18.6 Å². The summed E-state index contributed by atoms with van der Waals surface area (Å²) in [6.07, 6.45) is 0.943. The maximum absolute atomic E-state index is 12.8. The molecule has 0 atom stereocenters. The van der Waals surface area contributed by atoms with Crippen molar-refractivity contribution in [3.8, 4) is 0 Å². The van der Waals surface area contributed by atoms with Crippen molar-refractivity contribution in [2.45, 2.75) is 13.3 Å². The lowest BCUT2D eigenvalue weighted by atomic mass is 10.3. The number of aromatic nitrogens is 1. The van der Waals surface area contributed by atoms with Crippen LogP contribution in [0.4, 0.5) is 10.2 Å². The minimum absolute atomic E-state index is 0.0538. The molecule has 0 radical (unpaired) electrons. The highest BCUT2D eigenvalue weighted by atomic mass is 19.1. The second-order valence-corrected chi connectivity index (χ2v) is 3.03. The molecule has 0 amide bonds. The van der Waals surface area contributed by atoms with Gasteiger partial charge in [0, 0.05) is 13.1 Å². The Kier molecular flexibility index (Phi) is 4.32. The van der Waals surface area contributed by atoms with Crippen LogP contribution in [0, 0.1) is 5.95 Å². The summed E-state index contributed by atoms with van der Waals surface area (Å²) in [5, 5.41) is 8.83. The van der Waals surface area contributed by atoms with Gasteiger partial charge >= 0.3 is 0 Å². The molecule has 0 aromatic carbocycles. The highest BCUT2D eigenvalue weighted by Crippen LogP contribution is 2.10. The van der Waals surface area contributed by atoms with Crippen molar-refractivity contribution in [2.75, 3.05) is 24.6 Å². The molecule has 0 spiro atoms. The zero-order valence-electron chi connectivity index (χ0n) is 8.28. The number of pyridine rings is 1. The Morgan fingerprint density at radius 1 is 1.43 bits per heavy atom. The summed E-state index contributed by atoms with van der Waals surface area (Å²) >= 11 is 0. The van der Waals surface area contributed by atoms with Gasteiger partial charge in [0.2, 0.25) is 5.95 Å². The van der Waals surface area contributed by atoms with Crippen LogP contribution in [-0.4, -0.2) is 29.8 Å². The molecule has 1 aromatic rings. The minimum atomic E-state index is -0.485. The maximum atomic E-state index is 12.8. The number of halogens is 1. The van der Waals surface area contributed by atoms with Gasteiger partial charge < -0.3 is 10.0 Å². The average molecular weight is 198 g/mol.